The average molecular weight is 291 g/mol. The molecule has 0 rings (SSSR count). The van der Waals surface area contributed by atoms with E-state index in [1.807, 2.05) is 0 Å². The molecule has 0 atom stereocenters. The Morgan fingerprint density at radius 3 is 0.909 bits per heavy atom. The molecule has 0 aromatic heterocycles. The molecule has 0 aliphatic carbocycles. The normalized spacial score (nSPS) is 15.1. The Morgan fingerprint density at radius 2 is 0.909 bits per heavy atom. The summed E-state index contributed by atoms with van der Waals surface area (Å²) in [6, 6.07) is 0. The Labute approximate surface area is 83.7 Å². The topological polar surface area (TPSA) is 9.72 Å². The van der Waals surface area contributed by atoms with Crippen LogP contribution in [0.1, 0.15) is 0 Å². The van der Waals surface area contributed by atoms with Gasteiger partial charge in [-0.15, -0.1) is 0 Å². The number of hydrogen-bond acceptors (Lipinski definition) is 3. The Bertz CT molecular complexity index is 105. The molecule has 70 valence electrons. The van der Waals surface area contributed by atoms with E-state index in [9.17, 15) is 0 Å². The van der Waals surface area contributed by atoms with Gasteiger partial charge >= 0.3 is 83.7 Å². The first-order chi connectivity index (χ1) is 4.83. The van der Waals surface area contributed by atoms with Gasteiger partial charge in [0.15, 0.2) is 0 Å². The molecule has 0 fully saturated rings. The summed E-state index contributed by atoms with van der Waals surface area (Å²) in [5, 5.41) is -1.51. The average Bonchev–Trinajstić information content (AvgIpc) is 1.84. The number of nitrogens with zero attached hydrogens (tertiary/aromatic N) is 3. The van der Waals surface area contributed by atoms with Crippen molar-refractivity contribution in [2.75, 3.05) is 42.3 Å². The van der Waals surface area contributed by atoms with Gasteiger partial charge in [0.1, 0.15) is 0 Å². The molecule has 0 bridgehead atoms. The summed E-state index contributed by atoms with van der Waals surface area (Å²) in [6.07, 6.45) is 0. The van der Waals surface area contributed by atoms with E-state index in [4.69, 9.17) is 0 Å². The molecule has 0 aromatic rings. The summed E-state index contributed by atoms with van der Waals surface area (Å²) in [5.74, 6) is 0. The molecule has 0 radical (unpaired) electrons. The molecular formula is C6H19IN3P. The van der Waals surface area contributed by atoms with Gasteiger partial charge in [-0.1, -0.05) is 0 Å². The summed E-state index contributed by atoms with van der Waals surface area (Å²) >= 11 is 2.56. The minimum atomic E-state index is -1.51. The molecule has 0 spiro atoms. The zero-order valence-corrected chi connectivity index (χ0v) is 11.4. The Hall–Kier alpha value is 1.04. The van der Waals surface area contributed by atoms with Crippen molar-refractivity contribution >= 4 is 27.4 Å². The van der Waals surface area contributed by atoms with E-state index in [2.05, 4.69) is 78.3 Å². The van der Waals surface area contributed by atoms with Crippen LogP contribution in [0.5, 0.6) is 0 Å². The first-order valence-electron chi connectivity index (χ1n) is 3.54. The molecule has 0 heterocycles. The standard InChI is InChI=1S/C6H19IN3P/c1-8(2)11(7,9(3)4)10(5)6/h11H,1-6H3. The molecule has 0 unspecified atom stereocenters. The van der Waals surface area contributed by atoms with E-state index in [0.29, 0.717) is 0 Å². The Kier molecular flexibility index (Phi) is 4.73. The Morgan fingerprint density at radius 1 is 0.727 bits per heavy atom. The summed E-state index contributed by atoms with van der Waals surface area (Å²) in [4.78, 5) is 0. The summed E-state index contributed by atoms with van der Waals surface area (Å²) in [6.45, 7) is 0. The van der Waals surface area contributed by atoms with E-state index < -0.39 is 5.36 Å². The van der Waals surface area contributed by atoms with E-state index >= 15 is 0 Å². The van der Waals surface area contributed by atoms with E-state index in [1.54, 1.807) is 0 Å². The van der Waals surface area contributed by atoms with Gasteiger partial charge in [0, 0.05) is 0 Å². The minimum absolute atomic E-state index is 1.51. The SMILES string of the molecule is CN(C)[PH](I)(N(C)C)N(C)C. The third-order valence-corrected chi connectivity index (χ3v) is 13.8. The monoisotopic (exact) mass is 291 g/mol. The molecule has 0 saturated carbocycles. The maximum atomic E-state index is 2.56. The molecule has 11 heavy (non-hydrogen) atoms. The third-order valence-electron chi connectivity index (χ3n) is 1.71. The quantitative estimate of drug-likeness (QED) is 0.576. The van der Waals surface area contributed by atoms with Gasteiger partial charge in [-0.3, -0.25) is 0 Å². The summed E-state index contributed by atoms with van der Waals surface area (Å²) < 4.78 is 6.94. The molecule has 0 aromatic carbocycles. The van der Waals surface area contributed by atoms with Crippen LogP contribution in [0.4, 0.5) is 0 Å². The fraction of sp³-hybridized carbons (Fsp3) is 1.00. The van der Waals surface area contributed by atoms with E-state index in [0.717, 1.165) is 0 Å². The first-order valence-corrected chi connectivity index (χ1v) is 8.50. The fourth-order valence-corrected chi connectivity index (χ4v) is 3.60. The predicted molar refractivity (Wildman–Crippen MR) is 63.4 cm³/mol. The molecule has 5 heteroatoms. The molecule has 3 nitrogen and oxygen atoms in total. The van der Waals surface area contributed by atoms with Crippen LogP contribution in [0.3, 0.4) is 0 Å². The van der Waals surface area contributed by atoms with Crippen LogP contribution in [-0.2, 0) is 0 Å². The van der Waals surface area contributed by atoms with E-state index in [1.165, 1.54) is 0 Å². The zero-order valence-electron chi connectivity index (χ0n) is 8.22. The van der Waals surface area contributed by atoms with Crippen molar-refractivity contribution in [2.45, 2.75) is 0 Å². The molecule has 0 N–H and O–H groups in total. The summed E-state index contributed by atoms with van der Waals surface area (Å²) in [5.41, 5.74) is 0. The van der Waals surface area contributed by atoms with Gasteiger partial charge in [0.05, 0.1) is 0 Å². The van der Waals surface area contributed by atoms with E-state index in [-0.39, 0.29) is 0 Å². The fourth-order valence-electron chi connectivity index (χ4n) is 1.20. The second-order valence-corrected chi connectivity index (χ2v) is 11.4. The molecule has 0 aliphatic heterocycles. The molecule has 0 aliphatic rings. The predicted octanol–water partition coefficient (Wildman–Crippen LogP) is 1.52. The first kappa shape index (κ1) is 12.0. The molecular weight excluding hydrogens is 272 g/mol. The van der Waals surface area contributed by atoms with Crippen molar-refractivity contribution in [3.05, 3.63) is 0 Å². The van der Waals surface area contributed by atoms with Crippen molar-refractivity contribution in [3.8, 4) is 0 Å². The Balaban J connectivity index is 4.53. The second kappa shape index (κ2) is 4.33. The van der Waals surface area contributed by atoms with Crippen LogP contribution in [0.15, 0.2) is 0 Å². The van der Waals surface area contributed by atoms with Crippen LogP contribution in [0, 0.1) is 0 Å². The van der Waals surface area contributed by atoms with Gasteiger partial charge in [0.2, 0.25) is 0 Å². The molecule has 0 amide bonds. The molecule has 0 saturated heterocycles. The van der Waals surface area contributed by atoms with Crippen LogP contribution in [-0.4, -0.2) is 56.3 Å². The van der Waals surface area contributed by atoms with Crippen molar-refractivity contribution in [1.82, 2.24) is 14.0 Å². The van der Waals surface area contributed by atoms with Crippen LogP contribution < -0.4 is 0 Å². The number of halogens is 1. The van der Waals surface area contributed by atoms with Gasteiger partial charge in [-0.25, -0.2) is 0 Å². The maximum absolute atomic E-state index is 2.56. The summed E-state index contributed by atoms with van der Waals surface area (Å²) in [7, 11) is 12.8. The van der Waals surface area contributed by atoms with Gasteiger partial charge < -0.3 is 0 Å². The van der Waals surface area contributed by atoms with Gasteiger partial charge in [-0.2, -0.15) is 0 Å². The number of hydrogen-bond donors (Lipinski definition) is 0. The second-order valence-electron chi connectivity index (χ2n) is 3.24. The van der Waals surface area contributed by atoms with Crippen molar-refractivity contribution in [2.24, 2.45) is 0 Å². The number of rotatable bonds is 3. The van der Waals surface area contributed by atoms with Crippen molar-refractivity contribution in [1.29, 1.82) is 0 Å². The van der Waals surface area contributed by atoms with Crippen LogP contribution in [0.25, 0.3) is 0 Å². The van der Waals surface area contributed by atoms with Gasteiger partial charge in [-0.05, 0) is 0 Å². The van der Waals surface area contributed by atoms with Crippen LogP contribution in [0.2, 0.25) is 0 Å². The third kappa shape index (κ3) is 2.49. The van der Waals surface area contributed by atoms with Crippen molar-refractivity contribution < 1.29 is 0 Å². The van der Waals surface area contributed by atoms with Crippen LogP contribution >= 0.6 is 27.4 Å². The zero-order chi connectivity index (χ0) is 9.23. The van der Waals surface area contributed by atoms with Crippen molar-refractivity contribution in [3.63, 3.8) is 0 Å². The van der Waals surface area contributed by atoms with Gasteiger partial charge in [0.25, 0.3) is 0 Å².